The largest absolute Gasteiger partial charge is 0.466 e. The predicted octanol–water partition coefficient (Wildman–Crippen LogP) is -0.934. The fourth-order valence-corrected chi connectivity index (χ4v) is 0. The normalized spacial score (nSPS) is 8.43. The van der Waals surface area contributed by atoms with Gasteiger partial charge in [-0.2, -0.15) is 0 Å². The van der Waals surface area contributed by atoms with Crippen molar-refractivity contribution in [1.82, 2.24) is 0 Å². The first-order chi connectivity index (χ1) is 2.00. The Morgan fingerprint density at radius 3 is 1.14 bits per heavy atom. The second-order valence-electron chi connectivity index (χ2n) is 0.513. The minimum absolute atomic E-state index is 0. The van der Waals surface area contributed by atoms with E-state index in [0.29, 0.717) is 0 Å². The Kier molecular flexibility index (Phi) is 12.5. The quantitative estimate of drug-likeness (QED) is 0.346. The number of phosphoric acid groups is 1. The fraction of sp³-hybridized carbons (Fsp3) is 0. The van der Waals surface area contributed by atoms with Crippen LogP contribution in [-0.4, -0.2) is 14.7 Å². The molecule has 4 nitrogen and oxygen atoms in total. The zero-order valence-electron chi connectivity index (χ0n) is 3.14. The smallest absolute Gasteiger partial charge is 0.303 e. The van der Waals surface area contributed by atoms with Gasteiger partial charge in [-0.1, -0.05) is 0 Å². The molecular formula is H3O4PTiV. The van der Waals surface area contributed by atoms with E-state index < -0.39 is 7.82 Å². The van der Waals surface area contributed by atoms with Gasteiger partial charge >= 0.3 is 7.82 Å². The van der Waals surface area contributed by atoms with E-state index in [1.165, 1.54) is 0 Å². The van der Waals surface area contributed by atoms with E-state index in [2.05, 4.69) is 0 Å². The Labute approximate surface area is 67.3 Å². The zero-order valence-corrected chi connectivity index (χ0v) is 7.00. The minimum Gasteiger partial charge on any atom is -0.303 e. The van der Waals surface area contributed by atoms with Crippen molar-refractivity contribution in [3.05, 3.63) is 0 Å². The monoisotopic (exact) mass is 197 g/mol. The van der Waals surface area contributed by atoms with Crippen molar-refractivity contribution in [2.75, 3.05) is 0 Å². The van der Waals surface area contributed by atoms with Crippen molar-refractivity contribution >= 4 is 7.82 Å². The molecule has 0 atom stereocenters. The van der Waals surface area contributed by atoms with Crippen LogP contribution >= 0.6 is 7.82 Å². The minimum atomic E-state index is -4.64. The summed E-state index contributed by atoms with van der Waals surface area (Å²) >= 11 is 0. The van der Waals surface area contributed by atoms with Gasteiger partial charge in [0, 0.05) is 40.3 Å². The Bertz CT molecular complexity index is 57.8. The van der Waals surface area contributed by atoms with Crippen LogP contribution in [0.3, 0.4) is 0 Å². The Morgan fingerprint density at radius 2 is 1.14 bits per heavy atom. The van der Waals surface area contributed by atoms with Crippen LogP contribution in [0.1, 0.15) is 0 Å². The summed E-state index contributed by atoms with van der Waals surface area (Å²) in [4.78, 5) is 21.6. The number of rotatable bonds is 0. The summed E-state index contributed by atoms with van der Waals surface area (Å²) in [6.45, 7) is 0. The van der Waals surface area contributed by atoms with E-state index in [4.69, 9.17) is 19.2 Å². The molecule has 0 aliphatic rings. The van der Waals surface area contributed by atoms with Gasteiger partial charge in [0.2, 0.25) is 0 Å². The molecule has 0 heterocycles. The molecule has 0 rings (SSSR count). The van der Waals surface area contributed by atoms with Crippen molar-refractivity contribution in [3.8, 4) is 0 Å². The van der Waals surface area contributed by atoms with Crippen LogP contribution in [0.25, 0.3) is 0 Å². The standard InChI is InChI=1S/H3O4P.Ti.V/c1-5(2,3)4;;/h(H3,1,2,3,4);;. The molecule has 0 bridgehead atoms. The fourth-order valence-electron chi connectivity index (χ4n) is 0. The zero-order chi connectivity index (χ0) is 4.50. The number of hydrogen-bond donors (Lipinski definition) is 3. The van der Waals surface area contributed by atoms with Crippen LogP contribution in [-0.2, 0) is 44.8 Å². The molecule has 7 heavy (non-hydrogen) atoms. The van der Waals surface area contributed by atoms with Gasteiger partial charge in [-0.25, -0.2) is 4.57 Å². The summed E-state index contributed by atoms with van der Waals surface area (Å²) < 4.78 is 8.88. The van der Waals surface area contributed by atoms with Gasteiger partial charge in [0.15, 0.2) is 0 Å². The molecule has 0 aliphatic carbocycles. The third kappa shape index (κ3) is 109. The second kappa shape index (κ2) is 5.54. The molecule has 0 spiro atoms. The molecule has 3 N–H and O–H groups in total. The molecule has 0 fully saturated rings. The summed E-state index contributed by atoms with van der Waals surface area (Å²) in [5, 5.41) is 0. The third-order valence-corrected chi connectivity index (χ3v) is 0. The summed E-state index contributed by atoms with van der Waals surface area (Å²) in [5.41, 5.74) is 0. The third-order valence-electron chi connectivity index (χ3n) is 0. The van der Waals surface area contributed by atoms with Gasteiger partial charge < -0.3 is 14.7 Å². The molecule has 0 amide bonds. The molecule has 0 aliphatic heterocycles. The molecule has 0 aromatic rings. The van der Waals surface area contributed by atoms with E-state index >= 15 is 0 Å². The van der Waals surface area contributed by atoms with Gasteiger partial charge in [-0.15, -0.1) is 0 Å². The Morgan fingerprint density at radius 1 is 1.14 bits per heavy atom. The van der Waals surface area contributed by atoms with Gasteiger partial charge in [-0.3, -0.25) is 0 Å². The molecule has 7 heteroatoms. The molecule has 0 aromatic heterocycles. The maximum Gasteiger partial charge on any atom is 0.466 e. The van der Waals surface area contributed by atoms with E-state index in [1.54, 1.807) is 0 Å². The van der Waals surface area contributed by atoms with Crippen LogP contribution in [0.4, 0.5) is 0 Å². The first kappa shape index (κ1) is 15.8. The maximum absolute atomic E-state index is 8.88. The summed E-state index contributed by atoms with van der Waals surface area (Å²) in [5.74, 6) is 0. The van der Waals surface area contributed by atoms with Gasteiger partial charge in [-0.05, 0) is 0 Å². The average Bonchev–Trinajstić information content (AvgIpc) is 0.722. The van der Waals surface area contributed by atoms with Crippen molar-refractivity contribution in [2.24, 2.45) is 0 Å². The first-order valence-electron chi connectivity index (χ1n) is 0.783. The van der Waals surface area contributed by atoms with Crippen LogP contribution < -0.4 is 0 Å². The van der Waals surface area contributed by atoms with Crippen molar-refractivity contribution < 1.29 is 59.5 Å². The molecule has 41 valence electrons. The van der Waals surface area contributed by atoms with Crippen LogP contribution in [0.15, 0.2) is 0 Å². The number of hydrogen-bond acceptors (Lipinski definition) is 1. The van der Waals surface area contributed by atoms with Gasteiger partial charge in [0.25, 0.3) is 0 Å². The molecule has 0 unspecified atom stereocenters. The van der Waals surface area contributed by atoms with Gasteiger partial charge in [0.1, 0.15) is 0 Å². The van der Waals surface area contributed by atoms with Crippen molar-refractivity contribution in [2.45, 2.75) is 0 Å². The van der Waals surface area contributed by atoms with Crippen LogP contribution in [0.5, 0.6) is 0 Å². The Hall–Kier alpha value is 1.41. The Balaban J connectivity index is -0.0000000800. The SMILES string of the molecule is O=P(O)(O)O.[Ti].[V]. The molecule has 0 saturated carbocycles. The molecule has 0 saturated heterocycles. The van der Waals surface area contributed by atoms with E-state index in [-0.39, 0.29) is 40.3 Å². The molecule has 0 aromatic carbocycles. The van der Waals surface area contributed by atoms with Crippen molar-refractivity contribution in [3.63, 3.8) is 0 Å². The summed E-state index contributed by atoms with van der Waals surface area (Å²) in [6, 6.07) is 0. The molecule has 1 radical (unpaired) electrons. The average molecular weight is 197 g/mol. The predicted molar refractivity (Wildman–Crippen MR) is 14.3 cm³/mol. The van der Waals surface area contributed by atoms with Crippen LogP contribution in [0, 0.1) is 0 Å². The van der Waals surface area contributed by atoms with E-state index in [0.717, 1.165) is 0 Å². The second-order valence-corrected chi connectivity index (χ2v) is 1.54. The maximum atomic E-state index is 8.88. The summed E-state index contributed by atoms with van der Waals surface area (Å²) in [6.07, 6.45) is 0. The summed E-state index contributed by atoms with van der Waals surface area (Å²) in [7, 11) is -4.64. The van der Waals surface area contributed by atoms with Crippen molar-refractivity contribution in [1.29, 1.82) is 0 Å². The van der Waals surface area contributed by atoms with Crippen LogP contribution in [0.2, 0.25) is 0 Å². The van der Waals surface area contributed by atoms with E-state index in [1.807, 2.05) is 0 Å². The molecular weight excluding hydrogens is 194 g/mol. The van der Waals surface area contributed by atoms with Gasteiger partial charge in [0.05, 0.1) is 0 Å². The first-order valence-corrected chi connectivity index (χ1v) is 2.35. The topological polar surface area (TPSA) is 77.8 Å². The van der Waals surface area contributed by atoms with E-state index in [9.17, 15) is 0 Å².